The summed E-state index contributed by atoms with van der Waals surface area (Å²) in [5.41, 5.74) is 0.344. The van der Waals surface area contributed by atoms with Crippen LogP contribution in [0.5, 0.6) is 0 Å². The van der Waals surface area contributed by atoms with Crippen molar-refractivity contribution in [2.24, 2.45) is 4.99 Å². The topological polar surface area (TPSA) is 51.0 Å². The predicted octanol–water partition coefficient (Wildman–Crippen LogP) is 4.40. The van der Waals surface area contributed by atoms with Crippen molar-refractivity contribution in [1.29, 1.82) is 0 Å². The van der Waals surface area contributed by atoms with Crippen LogP contribution in [0.1, 0.15) is 30.7 Å². The number of aliphatic imine (C=N–C) groups is 1. The van der Waals surface area contributed by atoms with Gasteiger partial charge < -0.3 is 0 Å². The minimum Gasteiger partial charge on any atom is -0.270 e. The van der Waals surface area contributed by atoms with Crippen molar-refractivity contribution >= 4 is 28.3 Å². The number of nitrogens with zero attached hydrogens (tertiary/aromatic N) is 4. The molecule has 0 atom stereocenters. The van der Waals surface area contributed by atoms with Crippen molar-refractivity contribution in [3.8, 4) is 0 Å². The van der Waals surface area contributed by atoms with E-state index in [9.17, 15) is 8.78 Å². The quantitative estimate of drug-likeness (QED) is 0.648. The number of halogens is 3. The van der Waals surface area contributed by atoms with Gasteiger partial charge in [0.25, 0.3) is 5.92 Å². The summed E-state index contributed by atoms with van der Waals surface area (Å²) in [6.07, 6.45) is 1.64. The number of hydrogen-bond donors (Lipinski definition) is 0. The molecule has 1 aliphatic rings. The smallest absolute Gasteiger partial charge is 0.270 e. The van der Waals surface area contributed by atoms with Gasteiger partial charge in [-0.15, -0.1) is 10.2 Å². The minimum absolute atomic E-state index is 0.00912. The first-order chi connectivity index (χ1) is 11.8. The Kier molecular flexibility index (Phi) is 3.37. The summed E-state index contributed by atoms with van der Waals surface area (Å²) in [5.74, 6) is -3.20. The molecule has 0 saturated heterocycles. The number of pyridine rings is 1. The van der Waals surface area contributed by atoms with Crippen LogP contribution >= 0.6 is 11.6 Å². The first kappa shape index (κ1) is 16.0. The van der Waals surface area contributed by atoms with E-state index in [0.29, 0.717) is 22.4 Å². The van der Waals surface area contributed by atoms with Crippen LogP contribution in [0.2, 0.25) is 5.02 Å². The van der Waals surface area contributed by atoms with E-state index in [1.807, 2.05) is 0 Å². The maximum atomic E-state index is 14.9. The Labute approximate surface area is 147 Å². The maximum Gasteiger partial charge on any atom is 0.299 e. The molecule has 4 nitrogen and oxygen atoms in total. The van der Waals surface area contributed by atoms with Gasteiger partial charge in [0.15, 0.2) is 0 Å². The molecule has 126 valence electrons. The molecule has 0 bridgehead atoms. The number of hydrogen-bond acceptors (Lipinski definition) is 4. The molecule has 25 heavy (non-hydrogen) atoms. The van der Waals surface area contributed by atoms with Gasteiger partial charge in [-0.05, 0) is 38.1 Å². The average molecular weight is 359 g/mol. The molecule has 1 aromatic carbocycles. The minimum atomic E-state index is -3.20. The Hall–Kier alpha value is -2.47. The molecular formula is C18H13ClF2N4. The molecule has 4 rings (SSSR count). The number of benzene rings is 1. The van der Waals surface area contributed by atoms with Gasteiger partial charge in [-0.25, -0.2) is 0 Å². The van der Waals surface area contributed by atoms with Crippen molar-refractivity contribution in [2.75, 3.05) is 0 Å². The lowest BCUT2D eigenvalue weighted by Gasteiger charge is -2.37. The normalized spacial score (nSPS) is 17.9. The Morgan fingerprint density at radius 3 is 2.60 bits per heavy atom. The Balaban J connectivity index is 2.00. The summed E-state index contributed by atoms with van der Waals surface area (Å²) in [4.78, 5) is 8.55. The highest BCUT2D eigenvalue weighted by Gasteiger charge is 2.54. The second-order valence-electron chi connectivity index (χ2n) is 6.39. The highest BCUT2D eigenvalue weighted by molar-refractivity contribution is 6.32. The first-order valence-electron chi connectivity index (χ1n) is 7.67. The van der Waals surface area contributed by atoms with Gasteiger partial charge in [0.2, 0.25) is 0 Å². The zero-order chi connectivity index (χ0) is 17.8. The van der Waals surface area contributed by atoms with Gasteiger partial charge >= 0.3 is 0 Å². The molecule has 2 aromatic heterocycles. The molecule has 3 heterocycles. The number of alkyl halides is 2. The number of rotatable bonds is 1. The highest BCUT2D eigenvalue weighted by atomic mass is 35.5. The zero-order valence-corrected chi connectivity index (χ0v) is 14.2. The van der Waals surface area contributed by atoms with Crippen LogP contribution in [0, 0.1) is 0 Å². The summed E-state index contributed by atoms with van der Waals surface area (Å²) in [6, 6.07) is 9.90. The Bertz CT molecular complexity index is 1030. The van der Waals surface area contributed by atoms with Crippen LogP contribution in [0.25, 0.3) is 11.0 Å². The van der Waals surface area contributed by atoms with E-state index in [4.69, 9.17) is 11.6 Å². The van der Waals surface area contributed by atoms with Crippen LogP contribution in [0.15, 0.2) is 47.6 Å². The molecule has 0 saturated carbocycles. The summed E-state index contributed by atoms with van der Waals surface area (Å²) in [5, 5.41) is 8.29. The van der Waals surface area contributed by atoms with E-state index in [1.54, 1.807) is 36.5 Å². The lowest BCUT2D eigenvalue weighted by Crippen LogP contribution is -2.44. The van der Waals surface area contributed by atoms with Crippen molar-refractivity contribution in [3.05, 3.63) is 64.4 Å². The third kappa shape index (κ3) is 2.32. The highest BCUT2D eigenvalue weighted by Crippen LogP contribution is 2.49. The fourth-order valence-electron chi connectivity index (χ4n) is 2.94. The van der Waals surface area contributed by atoms with Gasteiger partial charge in [-0.1, -0.05) is 23.7 Å². The molecule has 1 aliphatic heterocycles. The summed E-state index contributed by atoms with van der Waals surface area (Å²) in [6.45, 7) is 2.76. The largest absolute Gasteiger partial charge is 0.299 e. The van der Waals surface area contributed by atoms with Gasteiger partial charge in [0, 0.05) is 11.8 Å². The third-order valence-corrected chi connectivity index (χ3v) is 4.66. The first-order valence-corrected chi connectivity index (χ1v) is 8.05. The molecule has 0 aliphatic carbocycles. The molecule has 3 aromatic rings. The van der Waals surface area contributed by atoms with Crippen LogP contribution in [-0.4, -0.2) is 26.4 Å². The third-order valence-electron chi connectivity index (χ3n) is 4.34. The van der Waals surface area contributed by atoms with Crippen molar-refractivity contribution in [2.45, 2.75) is 25.3 Å². The molecule has 0 spiro atoms. The Morgan fingerprint density at radius 2 is 1.80 bits per heavy atom. The number of aromatic nitrogens is 3. The van der Waals surface area contributed by atoms with Crippen LogP contribution in [0.3, 0.4) is 0 Å². The molecule has 0 fully saturated rings. The van der Waals surface area contributed by atoms with E-state index in [0.717, 1.165) is 0 Å². The second kappa shape index (κ2) is 5.26. The lowest BCUT2D eigenvalue weighted by atomic mass is 9.82. The zero-order valence-electron chi connectivity index (χ0n) is 13.5. The van der Waals surface area contributed by atoms with Crippen molar-refractivity contribution in [1.82, 2.24) is 15.2 Å². The molecule has 0 unspecified atom stereocenters. The van der Waals surface area contributed by atoms with Crippen molar-refractivity contribution in [3.63, 3.8) is 0 Å². The average Bonchev–Trinajstić information content (AvgIpc) is 2.58. The maximum absolute atomic E-state index is 14.9. The molecule has 0 amide bonds. The molecule has 0 N–H and O–H groups in total. The summed E-state index contributed by atoms with van der Waals surface area (Å²) < 4.78 is 29.9. The standard InChI is InChI=1S/C18H13ClF2N4/c1-17(2)18(20,21)15-10(5-3-6-11(15)19)16(23-17)14-9-13-12(24-25-14)7-4-8-22-13/h3-9H,1-2H3. The molecule has 0 radical (unpaired) electrons. The van der Waals surface area contributed by atoms with Gasteiger partial charge in [0.05, 0.1) is 21.8 Å². The van der Waals surface area contributed by atoms with Gasteiger partial charge in [-0.3, -0.25) is 9.98 Å². The molecule has 7 heteroatoms. The monoisotopic (exact) mass is 358 g/mol. The second-order valence-corrected chi connectivity index (χ2v) is 6.80. The van der Waals surface area contributed by atoms with E-state index in [-0.39, 0.29) is 16.1 Å². The lowest BCUT2D eigenvalue weighted by molar-refractivity contribution is -0.0681. The SMILES string of the molecule is CC1(C)N=C(c2cc3ncccc3nn2)c2cccc(Cl)c2C1(F)F. The summed E-state index contributed by atoms with van der Waals surface area (Å²) >= 11 is 6.12. The molecular weight excluding hydrogens is 346 g/mol. The van der Waals surface area contributed by atoms with E-state index in [2.05, 4.69) is 20.2 Å². The Morgan fingerprint density at radius 1 is 1.00 bits per heavy atom. The fraction of sp³-hybridized carbons (Fsp3) is 0.222. The fourth-order valence-corrected chi connectivity index (χ4v) is 3.23. The van der Waals surface area contributed by atoms with E-state index >= 15 is 0 Å². The van der Waals surface area contributed by atoms with Crippen LogP contribution < -0.4 is 0 Å². The number of fused-ring (bicyclic) bond motifs is 2. The van der Waals surface area contributed by atoms with E-state index in [1.165, 1.54) is 19.9 Å². The van der Waals surface area contributed by atoms with Gasteiger partial charge in [0.1, 0.15) is 16.7 Å². The van der Waals surface area contributed by atoms with Crippen molar-refractivity contribution < 1.29 is 8.78 Å². The summed E-state index contributed by atoms with van der Waals surface area (Å²) in [7, 11) is 0. The van der Waals surface area contributed by atoms with Gasteiger partial charge in [-0.2, -0.15) is 8.78 Å². The predicted molar refractivity (Wildman–Crippen MR) is 92.4 cm³/mol. The van der Waals surface area contributed by atoms with E-state index < -0.39 is 11.5 Å². The van der Waals surface area contributed by atoms with Crippen LogP contribution in [-0.2, 0) is 5.92 Å². The van der Waals surface area contributed by atoms with Crippen LogP contribution in [0.4, 0.5) is 8.78 Å².